The van der Waals surface area contributed by atoms with Crippen molar-refractivity contribution in [2.75, 3.05) is 0 Å². The van der Waals surface area contributed by atoms with Crippen LogP contribution in [0, 0.1) is 0 Å². The van der Waals surface area contributed by atoms with E-state index in [1.165, 1.54) is 18.4 Å². The van der Waals surface area contributed by atoms with Gasteiger partial charge in [-0.25, -0.2) is 0 Å². The molecule has 64 valence electrons. The van der Waals surface area contributed by atoms with Crippen LogP contribution in [0.2, 0.25) is 5.02 Å². The topological polar surface area (TPSA) is 0 Å². The standard InChI is InChI=1S/C10H10BrCl/c1-10(4-5-10)8-3-2-7(11)6-9(8)12/h2-3,6H,4-5H2,1H3. The van der Waals surface area contributed by atoms with Crippen molar-refractivity contribution in [3.05, 3.63) is 33.3 Å². The Balaban J connectivity index is 2.45. The van der Waals surface area contributed by atoms with Crippen LogP contribution >= 0.6 is 27.5 Å². The van der Waals surface area contributed by atoms with Crippen LogP contribution in [0.15, 0.2) is 22.7 Å². The molecule has 2 rings (SSSR count). The Labute approximate surface area is 86.1 Å². The molecule has 1 saturated carbocycles. The van der Waals surface area contributed by atoms with E-state index in [0.29, 0.717) is 5.41 Å². The first kappa shape index (κ1) is 8.58. The Hall–Kier alpha value is -0.0100. The molecule has 0 saturated heterocycles. The van der Waals surface area contributed by atoms with Gasteiger partial charge >= 0.3 is 0 Å². The molecule has 0 N–H and O–H groups in total. The quantitative estimate of drug-likeness (QED) is 0.697. The maximum absolute atomic E-state index is 6.12. The Kier molecular flexibility index (Phi) is 1.96. The molecule has 2 heteroatoms. The van der Waals surface area contributed by atoms with E-state index in [1.54, 1.807) is 0 Å². The zero-order chi connectivity index (χ0) is 8.77. The van der Waals surface area contributed by atoms with Crippen LogP contribution in [0.5, 0.6) is 0 Å². The first-order valence-electron chi connectivity index (χ1n) is 4.07. The van der Waals surface area contributed by atoms with Gasteiger partial charge in [0.25, 0.3) is 0 Å². The average molecular weight is 246 g/mol. The highest BCUT2D eigenvalue weighted by molar-refractivity contribution is 9.10. The second kappa shape index (κ2) is 2.74. The predicted molar refractivity (Wildman–Crippen MR) is 55.7 cm³/mol. The zero-order valence-corrected chi connectivity index (χ0v) is 9.24. The lowest BCUT2D eigenvalue weighted by molar-refractivity contribution is 0.788. The second-order valence-corrected chi connectivity index (χ2v) is 5.01. The third kappa shape index (κ3) is 1.40. The summed E-state index contributed by atoms with van der Waals surface area (Å²) < 4.78 is 1.06. The fourth-order valence-electron chi connectivity index (χ4n) is 1.44. The van der Waals surface area contributed by atoms with E-state index in [2.05, 4.69) is 35.0 Å². The van der Waals surface area contributed by atoms with Crippen LogP contribution in [-0.2, 0) is 5.41 Å². The van der Waals surface area contributed by atoms with Crippen LogP contribution < -0.4 is 0 Å². The summed E-state index contributed by atoms with van der Waals surface area (Å²) in [6.07, 6.45) is 2.54. The first-order valence-corrected chi connectivity index (χ1v) is 5.24. The highest BCUT2D eigenvalue weighted by Gasteiger charge is 2.40. The van der Waals surface area contributed by atoms with Crippen LogP contribution in [0.3, 0.4) is 0 Å². The van der Waals surface area contributed by atoms with Gasteiger partial charge in [-0.1, -0.05) is 40.5 Å². The van der Waals surface area contributed by atoms with E-state index >= 15 is 0 Å². The van der Waals surface area contributed by atoms with E-state index in [9.17, 15) is 0 Å². The molecule has 0 atom stereocenters. The van der Waals surface area contributed by atoms with Crippen LogP contribution in [0.25, 0.3) is 0 Å². The summed E-state index contributed by atoms with van der Waals surface area (Å²) in [6, 6.07) is 6.16. The normalized spacial score (nSPS) is 19.2. The van der Waals surface area contributed by atoms with Crippen molar-refractivity contribution in [2.24, 2.45) is 0 Å². The minimum absolute atomic E-state index is 0.373. The van der Waals surface area contributed by atoms with Gasteiger partial charge in [0.05, 0.1) is 0 Å². The monoisotopic (exact) mass is 244 g/mol. The highest BCUT2D eigenvalue weighted by Crippen LogP contribution is 2.50. The molecule has 0 nitrogen and oxygen atoms in total. The molecule has 0 aromatic heterocycles. The van der Waals surface area contributed by atoms with Crippen LogP contribution in [0.4, 0.5) is 0 Å². The van der Waals surface area contributed by atoms with Gasteiger partial charge < -0.3 is 0 Å². The van der Waals surface area contributed by atoms with E-state index < -0.39 is 0 Å². The van der Waals surface area contributed by atoms with E-state index in [-0.39, 0.29) is 0 Å². The predicted octanol–water partition coefficient (Wildman–Crippen LogP) is 4.15. The van der Waals surface area contributed by atoms with Gasteiger partial charge in [-0.2, -0.15) is 0 Å². The smallest absolute Gasteiger partial charge is 0.0454 e. The molecule has 0 radical (unpaired) electrons. The van der Waals surface area contributed by atoms with E-state index in [1.807, 2.05) is 6.07 Å². The fourth-order valence-corrected chi connectivity index (χ4v) is 2.34. The Morgan fingerprint density at radius 3 is 2.58 bits per heavy atom. The van der Waals surface area contributed by atoms with Gasteiger partial charge in [0.1, 0.15) is 0 Å². The van der Waals surface area contributed by atoms with Gasteiger partial charge in [0.15, 0.2) is 0 Å². The Morgan fingerprint density at radius 1 is 1.42 bits per heavy atom. The minimum Gasteiger partial charge on any atom is -0.0840 e. The molecule has 0 amide bonds. The molecule has 1 fully saturated rings. The second-order valence-electron chi connectivity index (χ2n) is 3.68. The molecule has 1 aromatic carbocycles. The zero-order valence-electron chi connectivity index (χ0n) is 6.90. The van der Waals surface area contributed by atoms with Crippen molar-refractivity contribution in [3.8, 4) is 0 Å². The third-order valence-corrected chi connectivity index (χ3v) is 3.39. The van der Waals surface area contributed by atoms with Crippen molar-refractivity contribution >= 4 is 27.5 Å². The van der Waals surface area contributed by atoms with Crippen molar-refractivity contribution < 1.29 is 0 Å². The van der Waals surface area contributed by atoms with Gasteiger partial charge in [0.2, 0.25) is 0 Å². The van der Waals surface area contributed by atoms with Crippen molar-refractivity contribution in [1.29, 1.82) is 0 Å². The van der Waals surface area contributed by atoms with Crippen molar-refractivity contribution in [2.45, 2.75) is 25.2 Å². The number of halogens is 2. The molecular weight excluding hydrogens is 235 g/mol. The van der Waals surface area contributed by atoms with Gasteiger partial charge in [0, 0.05) is 9.50 Å². The molecule has 0 unspecified atom stereocenters. The van der Waals surface area contributed by atoms with Gasteiger partial charge in [-0.3, -0.25) is 0 Å². The molecular formula is C10H10BrCl. The maximum Gasteiger partial charge on any atom is 0.0454 e. The summed E-state index contributed by atoms with van der Waals surface area (Å²) in [5, 5.41) is 0.893. The van der Waals surface area contributed by atoms with Gasteiger partial charge in [-0.15, -0.1) is 0 Å². The molecule has 0 aliphatic heterocycles. The number of benzene rings is 1. The highest BCUT2D eigenvalue weighted by atomic mass is 79.9. The molecule has 12 heavy (non-hydrogen) atoms. The molecule has 1 aromatic rings. The maximum atomic E-state index is 6.12. The summed E-state index contributed by atoms with van der Waals surface area (Å²) in [6.45, 7) is 2.27. The first-order chi connectivity index (χ1) is 5.62. The number of hydrogen-bond donors (Lipinski definition) is 0. The summed E-state index contributed by atoms with van der Waals surface area (Å²) in [5.74, 6) is 0. The lowest BCUT2D eigenvalue weighted by Crippen LogP contribution is -1.99. The van der Waals surface area contributed by atoms with E-state index in [0.717, 1.165) is 9.50 Å². The summed E-state index contributed by atoms with van der Waals surface area (Å²) in [7, 11) is 0. The lowest BCUT2D eigenvalue weighted by atomic mass is 9.99. The average Bonchev–Trinajstić information content (AvgIpc) is 2.68. The summed E-state index contributed by atoms with van der Waals surface area (Å²) >= 11 is 9.52. The Bertz CT molecular complexity index is 316. The molecule has 1 aliphatic rings. The molecule has 0 bridgehead atoms. The van der Waals surface area contributed by atoms with Crippen molar-refractivity contribution in [3.63, 3.8) is 0 Å². The van der Waals surface area contributed by atoms with Crippen LogP contribution in [0.1, 0.15) is 25.3 Å². The summed E-state index contributed by atoms with van der Waals surface area (Å²) in [4.78, 5) is 0. The molecule has 0 spiro atoms. The minimum atomic E-state index is 0.373. The fraction of sp³-hybridized carbons (Fsp3) is 0.400. The van der Waals surface area contributed by atoms with E-state index in [4.69, 9.17) is 11.6 Å². The SMILES string of the molecule is CC1(c2ccc(Br)cc2Cl)CC1. The molecule has 0 heterocycles. The molecule has 1 aliphatic carbocycles. The number of rotatable bonds is 1. The van der Waals surface area contributed by atoms with Crippen molar-refractivity contribution in [1.82, 2.24) is 0 Å². The van der Waals surface area contributed by atoms with Crippen LogP contribution in [-0.4, -0.2) is 0 Å². The third-order valence-electron chi connectivity index (χ3n) is 2.58. The number of hydrogen-bond acceptors (Lipinski definition) is 0. The lowest BCUT2D eigenvalue weighted by Gasteiger charge is -2.10. The van der Waals surface area contributed by atoms with Gasteiger partial charge in [-0.05, 0) is 36.0 Å². The largest absolute Gasteiger partial charge is 0.0840 e. The summed E-state index contributed by atoms with van der Waals surface area (Å²) in [5.41, 5.74) is 1.67. The Morgan fingerprint density at radius 2 is 2.08 bits per heavy atom.